The Labute approximate surface area is 163 Å². The van der Waals surface area contributed by atoms with E-state index in [0.717, 1.165) is 16.9 Å². The molecule has 3 rings (SSSR count). The number of amides is 2. The minimum Gasteiger partial charge on any atom is -0.383 e. The van der Waals surface area contributed by atoms with Crippen LogP contribution in [0.1, 0.15) is 17.4 Å². The Morgan fingerprint density at radius 3 is 2.59 bits per heavy atom. The van der Waals surface area contributed by atoms with Gasteiger partial charge in [0.05, 0.1) is 18.7 Å². The second-order valence-corrected chi connectivity index (χ2v) is 7.09. The van der Waals surface area contributed by atoms with Crippen molar-refractivity contribution in [2.45, 2.75) is 13.3 Å². The van der Waals surface area contributed by atoms with E-state index in [-0.39, 0.29) is 18.4 Å². The van der Waals surface area contributed by atoms with E-state index in [4.69, 9.17) is 4.74 Å². The van der Waals surface area contributed by atoms with Crippen molar-refractivity contribution in [3.63, 3.8) is 0 Å². The molecule has 0 aromatic carbocycles. The van der Waals surface area contributed by atoms with Gasteiger partial charge in [-0.25, -0.2) is 0 Å². The highest BCUT2D eigenvalue weighted by molar-refractivity contribution is 7.11. The van der Waals surface area contributed by atoms with Crippen molar-refractivity contribution < 1.29 is 14.3 Å². The Morgan fingerprint density at radius 1 is 1.19 bits per heavy atom. The molecule has 2 amide bonds. The maximum absolute atomic E-state index is 13.1. The predicted octanol–water partition coefficient (Wildman–Crippen LogP) is 2.43. The molecule has 0 bridgehead atoms. The fraction of sp³-hybridized carbons (Fsp3) is 0.350. The van der Waals surface area contributed by atoms with Crippen molar-refractivity contribution >= 4 is 28.7 Å². The Hall–Kier alpha value is -2.51. The van der Waals surface area contributed by atoms with E-state index in [1.165, 1.54) is 16.2 Å². The first-order valence-corrected chi connectivity index (χ1v) is 9.82. The van der Waals surface area contributed by atoms with Gasteiger partial charge in [-0.2, -0.15) is 0 Å². The van der Waals surface area contributed by atoms with E-state index in [9.17, 15) is 9.59 Å². The van der Waals surface area contributed by atoms with Crippen molar-refractivity contribution in [3.05, 3.63) is 58.2 Å². The van der Waals surface area contributed by atoms with Gasteiger partial charge in [-0.1, -0.05) is 6.07 Å². The Bertz CT molecular complexity index is 818. The molecule has 7 heteroatoms. The molecule has 0 aliphatic carbocycles. The summed E-state index contributed by atoms with van der Waals surface area (Å²) >= 11 is 1.47. The monoisotopic (exact) mass is 385 g/mol. The van der Waals surface area contributed by atoms with Crippen molar-refractivity contribution in [3.8, 4) is 0 Å². The van der Waals surface area contributed by atoms with Gasteiger partial charge in [0.15, 0.2) is 0 Å². The number of rotatable bonds is 9. The van der Waals surface area contributed by atoms with Crippen LogP contribution in [-0.2, 0) is 20.7 Å². The lowest BCUT2D eigenvalue weighted by Gasteiger charge is -2.24. The molecule has 1 aliphatic heterocycles. The van der Waals surface area contributed by atoms with Crippen LogP contribution in [0.15, 0.2) is 47.7 Å². The number of hydrogen-bond acceptors (Lipinski definition) is 6. The molecule has 0 unspecified atom stereocenters. The number of ether oxygens (including phenoxy) is 1. The number of nitrogens with zero attached hydrogens (tertiary/aromatic N) is 3. The molecule has 0 saturated carbocycles. The van der Waals surface area contributed by atoms with E-state index in [1.54, 1.807) is 19.5 Å². The maximum Gasteiger partial charge on any atom is 0.277 e. The smallest absolute Gasteiger partial charge is 0.277 e. The maximum atomic E-state index is 13.1. The van der Waals surface area contributed by atoms with E-state index in [1.807, 2.05) is 41.5 Å². The largest absolute Gasteiger partial charge is 0.383 e. The van der Waals surface area contributed by atoms with Crippen LogP contribution in [0, 0.1) is 0 Å². The summed E-state index contributed by atoms with van der Waals surface area (Å²) in [5.74, 6) is -0.478. The first kappa shape index (κ1) is 19.3. The van der Waals surface area contributed by atoms with E-state index in [0.29, 0.717) is 31.0 Å². The van der Waals surface area contributed by atoms with Gasteiger partial charge in [-0.05, 0) is 42.5 Å². The molecule has 0 spiro atoms. The summed E-state index contributed by atoms with van der Waals surface area (Å²) in [5, 5.41) is 1.92. The highest BCUT2D eigenvalue weighted by atomic mass is 32.1. The Balaban J connectivity index is 1.91. The van der Waals surface area contributed by atoms with Gasteiger partial charge >= 0.3 is 0 Å². The number of hydrogen-bond donors (Lipinski definition) is 0. The molecular formula is C20H23N3O3S. The topological polar surface area (TPSA) is 62.7 Å². The fourth-order valence-electron chi connectivity index (χ4n) is 3.13. The van der Waals surface area contributed by atoms with Crippen LogP contribution in [0.3, 0.4) is 0 Å². The van der Waals surface area contributed by atoms with Crippen LogP contribution in [-0.4, -0.2) is 59.9 Å². The third kappa shape index (κ3) is 4.09. The van der Waals surface area contributed by atoms with Gasteiger partial charge in [0.1, 0.15) is 5.70 Å². The van der Waals surface area contributed by atoms with E-state index >= 15 is 0 Å². The average Bonchev–Trinajstić information content (AvgIpc) is 3.29. The molecule has 27 heavy (non-hydrogen) atoms. The van der Waals surface area contributed by atoms with Gasteiger partial charge in [0.2, 0.25) is 0 Å². The van der Waals surface area contributed by atoms with Crippen LogP contribution in [0.5, 0.6) is 0 Å². The number of likely N-dealkylation sites (N-methyl/N-ethyl adjacent to an activating group) is 1. The van der Waals surface area contributed by atoms with Crippen LogP contribution in [0.4, 0.5) is 0 Å². The molecule has 2 aromatic rings. The number of thiophene rings is 1. The Kier molecular flexibility index (Phi) is 6.36. The van der Waals surface area contributed by atoms with Crippen LogP contribution in [0.25, 0.3) is 5.57 Å². The molecule has 0 atom stereocenters. The van der Waals surface area contributed by atoms with Gasteiger partial charge in [-0.15, -0.1) is 11.3 Å². The van der Waals surface area contributed by atoms with Crippen molar-refractivity contribution in [1.29, 1.82) is 0 Å². The average molecular weight is 385 g/mol. The summed E-state index contributed by atoms with van der Waals surface area (Å²) in [6, 6.07) is 7.72. The first-order valence-electron chi connectivity index (χ1n) is 8.94. The Morgan fingerprint density at radius 2 is 1.96 bits per heavy atom. The van der Waals surface area contributed by atoms with Crippen molar-refractivity contribution in [2.75, 3.05) is 33.4 Å². The summed E-state index contributed by atoms with van der Waals surface area (Å²) in [6.07, 6.45) is 4.30. The lowest BCUT2D eigenvalue weighted by atomic mass is 10.1. The number of carbonyl (C=O) groups is 2. The zero-order chi connectivity index (χ0) is 19.2. The summed E-state index contributed by atoms with van der Waals surface area (Å²) in [6.45, 7) is 3.88. The zero-order valence-electron chi connectivity index (χ0n) is 15.6. The van der Waals surface area contributed by atoms with Crippen molar-refractivity contribution in [2.24, 2.45) is 0 Å². The number of carbonyl (C=O) groups excluding carboxylic acids is 2. The summed E-state index contributed by atoms with van der Waals surface area (Å²) < 4.78 is 5.07. The molecule has 0 N–H and O–H groups in total. The van der Waals surface area contributed by atoms with Gasteiger partial charge in [-0.3, -0.25) is 19.5 Å². The highest BCUT2D eigenvalue weighted by Gasteiger charge is 2.41. The van der Waals surface area contributed by atoms with Gasteiger partial charge in [0.25, 0.3) is 11.8 Å². The predicted molar refractivity (Wildman–Crippen MR) is 105 cm³/mol. The second-order valence-electron chi connectivity index (χ2n) is 6.14. The SMILES string of the molecule is CCN(CCc1ccncc1)C1=C(c2cccs2)C(=O)N(CCOC)C1=O. The second kappa shape index (κ2) is 8.92. The van der Waals surface area contributed by atoms with Crippen LogP contribution >= 0.6 is 11.3 Å². The van der Waals surface area contributed by atoms with Gasteiger partial charge in [0, 0.05) is 37.5 Å². The number of imide groups is 1. The van der Waals surface area contributed by atoms with Crippen LogP contribution < -0.4 is 0 Å². The summed E-state index contributed by atoms with van der Waals surface area (Å²) in [5.41, 5.74) is 2.15. The summed E-state index contributed by atoms with van der Waals surface area (Å²) in [7, 11) is 1.56. The van der Waals surface area contributed by atoms with Crippen molar-refractivity contribution in [1.82, 2.24) is 14.8 Å². The van der Waals surface area contributed by atoms with E-state index in [2.05, 4.69) is 4.98 Å². The third-order valence-corrected chi connectivity index (χ3v) is 5.44. The first-order chi connectivity index (χ1) is 13.2. The molecule has 3 heterocycles. The lowest BCUT2D eigenvalue weighted by molar-refractivity contribution is -0.138. The standard InChI is InChI=1S/C20H23N3O3S/c1-3-22(11-8-15-6-9-21-10-7-15)18-17(16-5-4-14-27-16)19(24)23(20(18)25)12-13-26-2/h4-7,9-10,14H,3,8,11-13H2,1-2H3. The quantitative estimate of drug-likeness (QED) is 0.621. The highest BCUT2D eigenvalue weighted by Crippen LogP contribution is 2.33. The molecule has 0 radical (unpaired) electrons. The third-order valence-electron chi connectivity index (χ3n) is 4.55. The molecule has 142 valence electrons. The molecule has 2 aromatic heterocycles. The molecule has 0 fully saturated rings. The number of methoxy groups -OCH3 is 1. The lowest BCUT2D eigenvalue weighted by Crippen LogP contribution is -2.37. The molecular weight excluding hydrogens is 362 g/mol. The fourth-order valence-corrected chi connectivity index (χ4v) is 3.89. The molecule has 1 aliphatic rings. The summed E-state index contributed by atoms with van der Waals surface area (Å²) in [4.78, 5) is 34.2. The number of pyridine rings is 1. The number of aromatic nitrogens is 1. The van der Waals surface area contributed by atoms with E-state index < -0.39 is 0 Å². The molecule has 6 nitrogen and oxygen atoms in total. The normalized spacial score (nSPS) is 14.4. The minimum atomic E-state index is -0.239. The van der Waals surface area contributed by atoms with Crippen LogP contribution in [0.2, 0.25) is 0 Å². The van der Waals surface area contributed by atoms with Gasteiger partial charge < -0.3 is 9.64 Å². The zero-order valence-corrected chi connectivity index (χ0v) is 16.4. The molecule has 0 saturated heterocycles. The minimum absolute atomic E-state index is 0.239.